The lowest BCUT2D eigenvalue weighted by atomic mass is 10.0. The van der Waals surface area contributed by atoms with Crippen LogP contribution in [0.2, 0.25) is 0 Å². The second-order valence-corrected chi connectivity index (χ2v) is 5.49. The molecule has 0 aliphatic carbocycles. The Kier molecular flexibility index (Phi) is 4.85. The van der Waals surface area contributed by atoms with Crippen LogP contribution in [-0.2, 0) is 11.4 Å². The van der Waals surface area contributed by atoms with E-state index >= 15 is 0 Å². The van der Waals surface area contributed by atoms with Crippen molar-refractivity contribution in [3.63, 3.8) is 0 Å². The molecule has 0 bridgehead atoms. The molecule has 114 valence electrons. The molecule has 3 rings (SSSR count). The molecule has 2 heteroatoms. The fourth-order valence-electron chi connectivity index (χ4n) is 2.43. The second kappa shape index (κ2) is 7.41. The highest BCUT2D eigenvalue weighted by Gasteiger charge is 1.99. The molecule has 0 radical (unpaired) electrons. The summed E-state index contributed by atoms with van der Waals surface area (Å²) in [6.45, 7) is 2.52. The Morgan fingerprint density at radius 2 is 1.61 bits per heavy atom. The summed E-state index contributed by atoms with van der Waals surface area (Å²) in [6, 6.07) is 26.8. The zero-order chi connectivity index (χ0) is 15.9. The molecule has 2 nitrogen and oxygen atoms in total. The van der Waals surface area contributed by atoms with E-state index in [-0.39, 0.29) is 0 Å². The van der Waals surface area contributed by atoms with Crippen molar-refractivity contribution in [2.75, 3.05) is 0 Å². The average Bonchev–Trinajstić information content (AvgIpc) is 2.60. The Hall–Kier alpha value is -2.87. The minimum absolute atomic E-state index is 0.461. The second-order valence-electron chi connectivity index (χ2n) is 5.49. The average molecular weight is 301 g/mol. The van der Waals surface area contributed by atoms with Crippen molar-refractivity contribution in [3.05, 3.63) is 95.6 Å². The van der Waals surface area contributed by atoms with Crippen LogP contribution >= 0.6 is 0 Å². The predicted molar refractivity (Wildman–Crippen MR) is 95.4 cm³/mol. The maximum Gasteiger partial charge on any atom is 0.142 e. The highest BCUT2D eigenvalue weighted by molar-refractivity contribution is 5.79. The van der Waals surface area contributed by atoms with Gasteiger partial charge in [-0.3, -0.25) is 0 Å². The molecule has 0 amide bonds. The van der Waals surface area contributed by atoms with E-state index < -0.39 is 0 Å². The molecule has 0 spiro atoms. The number of hydrogen-bond donors (Lipinski definition) is 0. The Balaban J connectivity index is 1.63. The molecule has 3 aromatic rings. The normalized spacial score (nSPS) is 10.8. The third-order valence-corrected chi connectivity index (χ3v) is 3.58. The number of rotatable bonds is 5. The number of benzene rings is 3. The Labute approximate surface area is 137 Å². The van der Waals surface area contributed by atoms with Crippen molar-refractivity contribution in [1.82, 2.24) is 0 Å². The zero-order valence-electron chi connectivity index (χ0n) is 13.1. The molecule has 0 fully saturated rings. The van der Waals surface area contributed by atoms with Crippen LogP contribution in [0.5, 0.6) is 0 Å². The van der Waals surface area contributed by atoms with Crippen LogP contribution in [0.15, 0.2) is 84.0 Å². The summed E-state index contributed by atoms with van der Waals surface area (Å²) < 4.78 is 0. The molecule has 23 heavy (non-hydrogen) atoms. The van der Waals surface area contributed by atoms with Gasteiger partial charge in [-0.1, -0.05) is 83.5 Å². The summed E-state index contributed by atoms with van der Waals surface area (Å²) in [5.41, 5.74) is 5.76. The zero-order valence-corrected chi connectivity index (χ0v) is 13.1. The van der Waals surface area contributed by atoms with Crippen LogP contribution < -0.4 is 0 Å². The number of oxime groups is 1. The minimum atomic E-state index is 0.461. The van der Waals surface area contributed by atoms with Gasteiger partial charge in [-0.25, -0.2) is 0 Å². The van der Waals surface area contributed by atoms with Gasteiger partial charge in [0.25, 0.3) is 0 Å². The van der Waals surface area contributed by atoms with E-state index in [9.17, 15) is 0 Å². The molecular formula is C21H19NO. The van der Waals surface area contributed by atoms with Crippen molar-refractivity contribution in [1.29, 1.82) is 0 Å². The standard InChI is InChI=1S/C21H19NO/c1-17-7-5-8-18(13-17)15-22-23-16-19-9-6-12-21(14-19)20-10-3-2-4-11-20/h2-15H,16H2,1H3. The van der Waals surface area contributed by atoms with Gasteiger partial charge in [-0.2, -0.15) is 0 Å². The summed E-state index contributed by atoms with van der Waals surface area (Å²) in [5, 5.41) is 4.06. The molecule has 0 aliphatic heterocycles. The highest BCUT2D eigenvalue weighted by Crippen LogP contribution is 2.20. The molecule has 0 heterocycles. The molecule has 0 aromatic heterocycles. The van der Waals surface area contributed by atoms with Crippen molar-refractivity contribution in [2.45, 2.75) is 13.5 Å². The van der Waals surface area contributed by atoms with E-state index in [0.29, 0.717) is 6.61 Å². The van der Waals surface area contributed by atoms with Gasteiger partial charge < -0.3 is 4.84 Å². The van der Waals surface area contributed by atoms with Crippen LogP contribution in [0.1, 0.15) is 16.7 Å². The first-order valence-corrected chi connectivity index (χ1v) is 7.68. The van der Waals surface area contributed by atoms with Gasteiger partial charge in [0.15, 0.2) is 0 Å². The molecule has 0 N–H and O–H groups in total. The molecule has 0 unspecified atom stereocenters. The van der Waals surface area contributed by atoms with Crippen molar-refractivity contribution >= 4 is 6.21 Å². The van der Waals surface area contributed by atoms with E-state index in [4.69, 9.17) is 4.84 Å². The first-order valence-electron chi connectivity index (χ1n) is 7.68. The van der Waals surface area contributed by atoms with Gasteiger partial charge in [0.2, 0.25) is 0 Å². The maximum atomic E-state index is 5.42. The van der Waals surface area contributed by atoms with E-state index in [1.165, 1.54) is 16.7 Å². The van der Waals surface area contributed by atoms with Gasteiger partial charge >= 0.3 is 0 Å². The fraction of sp³-hybridized carbons (Fsp3) is 0.0952. The maximum absolute atomic E-state index is 5.42. The summed E-state index contributed by atoms with van der Waals surface area (Å²) in [5.74, 6) is 0. The van der Waals surface area contributed by atoms with E-state index in [1.807, 2.05) is 36.4 Å². The minimum Gasteiger partial charge on any atom is -0.391 e. The van der Waals surface area contributed by atoms with Crippen molar-refractivity contribution in [2.24, 2.45) is 5.16 Å². The third kappa shape index (κ3) is 4.30. The van der Waals surface area contributed by atoms with E-state index in [2.05, 4.69) is 54.5 Å². The highest BCUT2D eigenvalue weighted by atomic mass is 16.6. The van der Waals surface area contributed by atoms with Crippen LogP contribution in [0, 0.1) is 6.92 Å². The van der Waals surface area contributed by atoms with Gasteiger partial charge in [0, 0.05) is 0 Å². The molecular weight excluding hydrogens is 282 g/mol. The van der Waals surface area contributed by atoms with Crippen molar-refractivity contribution < 1.29 is 4.84 Å². The van der Waals surface area contributed by atoms with E-state index in [1.54, 1.807) is 6.21 Å². The summed E-state index contributed by atoms with van der Waals surface area (Å²) in [4.78, 5) is 5.42. The fourth-order valence-corrected chi connectivity index (χ4v) is 2.43. The number of nitrogens with zero attached hydrogens (tertiary/aromatic N) is 1. The topological polar surface area (TPSA) is 21.6 Å². The molecule has 0 saturated carbocycles. The SMILES string of the molecule is Cc1cccc(C=NOCc2cccc(-c3ccccc3)c2)c1. The van der Waals surface area contributed by atoms with Gasteiger partial charge in [-0.15, -0.1) is 0 Å². The first kappa shape index (κ1) is 15.0. The molecule has 0 saturated heterocycles. The number of hydrogen-bond acceptors (Lipinski definition) is 2. The van der Waals surface area contributed by atoms with Gasteiger partial charge in [-0.05, 0) is 35.2 Å². The lowest BCUT2D eigenvalue weighted by molar-refractivity contribution is 0.132. The third-order valence-electron chi connectivity index (χ3n) is 3.58. The van der Waals surface area contributed by atoms with Gasteiger partial charge in [0.1, 0.15) is 6.61 Å². The van der Waals surface area contributed by atoms with E-state index in [0.717, 1.165) is 11.1 Å². The van der Waals surface area contributed by atoms with Crippen LogP contribution in [0.4, 0.5) is 0 Å². The molecule has 0 aliphatic rings. The summed E-state index contributed by atoms with van der Waals surface area (Å²) >= 11 is 0. The van der Waals surface area contributed by atoms with Gasteiger partial charge in [0.05, 0.1) is 6.21 Å². The summed E-state index contributed by atoms with van der Waals surface area (Å²) in [7, 11) is 0. The largest absolute Gasteiger partial charge is 0.391 e. The lowest BCUT2D eigenvalue weighted by Gasteiger charge is -2.05. The monoisotopic (exact) mass is 301 g/mol. The lowest BCUT2D eigenvalue weighted by Crippen LogP contribution is -1.89. The quantitative estimate of drug-likeness (QED) is 0.468. The number of aryl methyl sites for hydroxylation is 1. The molecule has 3 aromatic carbocycles. The van der Waals surface area contributed by atoms with Crippen LogP contribution in [0.25, 0.3) is 11.1 Å². The Morgan fingerprint density at radius 1 is 0.826 bits per heavy atom. The summed E-state index contributed by atoms with van der Waals surface area (Å²) in [6.07, 6.45) is 1.74. The van der Waals surface area contributed by atoms with Crippen LogP contribution in [-0.4, -0.2) is 6.21 Å². The van der Waals surface area contributed by atoms with Crippen LogP contribution in [0.3, 0.4) is 0 Å². The first-order chi connectivity index (χ1) is 11.3. The predicted octanol–water partition coefficient (Wildman–Crippen LogP) is 5.21. The van der Waals surface area contributed by atoms with Crippen molar-refractivity contribution in [3.8, 4) is 11.1 Å². The molecule has 0 atom stereocenters. The smallest absolute Gasteiger partial charge is 0.142 e. The Morgan fingerprint density at radius 3 is 2.43 bits per heavy atom. The Bertz CT molecular complexity index is 794.